The quantitative estimate of drug-likeness (QED) is 0.762. The highest BCUT2D eigenvalue weighted by Crippen LogP contribution is 2.01. The Labute approximate surface area is 72.8 Å². The molecule has 0 aliphatic heterocycles. The Hall–Kier alpha value is -0.640. The van der Waals surface area contributed by atoms with Gasteiger partial charge in [-0.3, -0.25) is 4.68 Å². The van der Waals surface area contributed by atoms with Gasteiger partial charge < -0.3 is 0 Å². The van der Waals surface area contributed by atoms with Gasteiger partial charge in [-0.25, -0.2) is 4.39 Å². The summed E-state index contributed by atoms with van der Waals surface area (Å²) in [5, 5.41) is 3.93. The van der Waals surface area contributed by atoms with Crippen LogP contribution in [0.3, 0.4) is 0 Å². The van der Waals surface area contributed by atoms with Gasteiger partial charge in [-0.1, -0.05) is 15.9 Å². The lowest BCUT2D eigenvalue weighted by Crippen LogP contribution is -1.98. The Morgan fingerprint density at radius 1 is 1.73 bits per heavy atom. The van der Waals surface area contributed by atoms with Crippen molar-refractivity contribution < 1.29 is 4.39 Å². The Morgan fingerprint density at radius 3 is 3.18 bits per heavy atom. The second-order valence-corrected chi connectivity index (χ2v) is 2.55. The molecule has 0 amide bonds. The minimum absolute atomic E-state index is 0.329. The molecule has 0 atom stereocenters. The monoisotopic (exact) mass is 218 g/mol. The van der Waals surface area contributed by atoms with Gasteiger partial charge >= 0.3 is 0 Å². The van der Waals surface area contributed by atoms with Crippen molar-refractivity contribution >= 4 is 22.0 Å². The predicted molar refractivity (Wildman–Crippen MR) is 46.2 cm³/mol. The van der Waals surface area contributed by atoms with Crippen LogP contribution in [0.25, 0.3) is 6.08 Å². The molecule has 4 heteroatoms. The van der Waals surface area contributed by atoms with Crippen LogP contribution in [0, 0.1) is 0 Å². The molecule has 0 bridgehead atoms. The second-order valence-electron chi connectivity index (χ2n) is 2.02. The third kappa shape index (κ3) is 2.46. The number of halogens is 2. The maximum atomic E-state index is 11.8. The van der Waals surface area contributed by atoms with Crippen LogP contribution >= 0.6 is 15.9 Å². The first-order chi connectivity index (χ1) is 5.36. The van der Waals surface area contributed by atoms with E-state index in [9.17, 15) is 4.39 Å². The largest absolute Gasteiger partial charge is 0.270 e. The first-order valence-electron chi connectivity index (χ1n) is 3.22. The zero-order valence-electron chi connectivity index (χ0n) is 5.87. The Balaban J connectivity index is 2.65. The summed E-state index contributed by atoms with van der Waals surface area (Å²) in [6, 6.07) is 0. The number of hydrogen-bond donors (Lipinski definition) is 0. The van der Waals surface area contributed by atoms with E-state index in [1.54, 1.807) is 22.1 Å². The molecule has 60 valence electrons. The van der Waals surface area contributed by atoms with Crippen LogP contribution in [-0.2, 0) is 6.54 Å². The summed E-state index contributed by atoms with van der Waals surface area (Å²) in [4.78, 5) is 1.74. The van der Waals surface area contributed by atoms with E-state index in [0.717, 1.165) is 5.56 Å². The first kappa shape index (κ1) is 8.46. The molecule has 0 aliphatic rings. The van der Waals surface area contributed by atoms with Crippen LogP contribution in [-0.4, -0.2) is 16.5 Å². The van der Waals surface area contributed by atoms with Crippen molar-refractivity contribution in [3.05, 3.63) is 22.9 Å². The number of alkyl halides is 1. The third-order valence-electron chi connectivity index (χ3n) is 1.22. The average Bonchev–Trinajstić information content (AvgIpc) is 2.38. The van der Waals surface area contributed by atoms with Crippen LogP contribution < -0.4 is 0 Å². The van der Waals surface area contributed by atoms with Crippen molar-refractivity contribution in [1.82, 2.24) is 9.78 Å². The standard InChI is InChI=1S/C7H8BrFN2/c8-2-1-7-5-10-11(6-7)4-3-9/h1-2,5-6H,3-4H2/b2-1+. The molecule has 11 heavy (non-hydrogen) atoms. The minimum Gasteiger partial charge on any atom is -0.270 e. The van der Waals surface area contributed by atoms with Crippen molar-refractivity contribution in [2.45, 2.75) is 6.54 Å². The van der Waals surface area contributed by atoms with E-state index >= 15 is 0 Å². The number of hydrogen-bond acceptors (Lipinski definition) is 1. The molecule has 0 aromatic carbocycles. The molecular formula is C7H8BrFN2. The third-order valence-corrected chi connectivity index (χ3v) is 1.49. The van der Waals surface area contributed by atoms with Gasteiger partial charge in [0, 0.05) is 11.8 Å². The molecule has 0 saturated carbocycles. The fraction of sp³-hybridized carbons (Fsp3) is 0.286. The van der Waals surface area contributed by atoms with Gasteiger partial charge in [0.2, 0.25) is 0 Å². The van der Waals surface area contributed by atoms with Crippen molar-refractivity contribution in [3.63, 3.8) is 0 Å². The summed E-state index contributed by atoms with van der Waals surface area (Å²) >= 11 is 3.14. The number of rotatable bonds is 3. The summed E-state index contributed by atoms with van der Waals surface area (Å²) < 4.78 is 13.4. The molecule has 0 radical (unpaired) electrons. The van der Waals surface area contributed by atoms with Gasteiger partial charge in [0.1, 0.15) is 6.67 Å². The maximum Gasteiger partial charge on any atom is 0.109 e. The van der Waals surface area contributed by atoms with Crippen molar-refractivity contribution in [3.8, 4) is 0 Å². The SMILES string of the molecule is FCCn1cc(/C=C/Br)cn1. The Kier molecular flexibility index (Phi) is 3.29. The van der Waals surface area contributed by atoms with Crippen LogP contribution in [0.1, 0.15) is 5.56 Å². The smallest absolute Gasteiger partial charge is 0.109 e. The second kappa shape index (κ2) is 4.28. The molecule has 0 saturated heterocycles. The molecular weight excluding hydrogens is 211 g/mol. The van der Waals surface area contributed by atoms with E-state index in [4.69, 9.17) is 0 Å². The highest BCUT2D eigenvalue weighted by atomic mass is 79.9. The van der Waals surface area contributed by atoms with Gasteiger partial charge in [0.15, 0.2) is 0 Å². The van der Waals surface area contributed by atoms with Gasteiger partial charge in [0.25, 0.3) is 0 Å². The van der Waals surface area contributed by atoms with E-state index in [0.29, 0.717) is 6.54 Å². The topological polar surface area (TPSA) is 17.8 Å². The highest BCUT2D eigenvalue weighted by molar-refractivity contribution is 9.11. The van der Waals surface area contributed by atoms with Gasteiger partial charge in [-0.2, -0.15) is 5.10 Å². The molecule has 1 aromatic heterocycles. The van der Waals surface area contributed by atoms with Crippen molar-refractivity contribution in [1.29, 1.82) is 0 Å². The van der Waals surface area contributed by atoms with Gasteiger partial charge in [-0.05, 0) is 11.1 Å². The zero-order valence-corrected chi connectivity index (χ0v) is 7.46. The summed E-state index contributed by atoms with van der Waals surface area (Å²) in [5.74, 6) is 0. The summed E-state index contributed by atoms with van der Waals surface area (Å²) in [7, 11) is 0. The average molecular weight is 219 g/mol. The molecule has 2 nitrogen and oxygen atoms in total. The van der Waals surface area contributed by atoms with E-state index in [1.807, 2.05) is 6.08 Å². The van der Waals surface area contributed by atoms with Gasteiger partial charge in [-0.15, -0.1) is 0 Å². The molecule has 0 unspecified atom stereocenters. The van der Waals surface area contributed by atoms with Crippen molar-refractivity contribution in [2.24, 2.45) is 0 Å². The molecule has 1 aromatic rings. The van der Waals surface area contributed by atoms with Crippen LogP contribution in [0.2, 0.25) is 0 Å². The normalized spacial score (nSPS) is 11.1. The Bertz CT molecular complexity index is 244. The molecule has 0 N–H and O–H groups in total. The van der Waals surface area contributed by atoms with E-state index in [1.165, 1.54) is 0 Å². The van der Waals surface area contributed by atoms with E-state index in [2.05, 4.69) is 21.0 Å². The fourth-order valence-electron chi connectivity index (χ4n) is 0.747. The number of aryl methyl sites for hydroxylation is 1. The van der Waals surface area contributed by atoms with Crippen LogP contribution in [0.4, 0.5) is 4.39 Å². The Morgan fingerprint density at radius 2 is 2.55 bits per heavy atom. The lowest BCUT2D eigenvalue weighted by atomic mass is 10.4. The maximum absolute atomic E-state index is 11.8. The lowest BCUT2D eigenvalue weighted by Gasteiger charge is -1.91. The zero-order chi connectivity index (χ0) is 8.10. The van der Waals surface area contributed by atoms with Crippen LogP contribution in [0.5, 0.6) is 0 Å². The highest BCUT2D eigenvalue weighted by Gasteiger charge is 1.92. The molecule has 1 heterocycles. The minimum atomic E-state index is -0.376. The lowest BCUT2D eigenvalue weighted by molar-refractivity contribution is 0.427. The molecule has 1 rings (SSSR count). The predicted octanol–water partition coefficient (Wildman–Crippen LogP) is 2.22. The molecule has 0 fully saturated rings. The number of aromatic nitrogens is 2. The van der Waals surface area contributed by atoms with E-state index in [-0.39, 0.29) is 6.67 Å². The summed E-state index contributed by atoms with van der Waals surface area (Å²) in [5.41, 5.74) is 0.968. The van der Waals surface area contributed by atoms with Gasteiger partial charge in [0.05, 0.1) is 12.7 Å². The summed E-state index contributed by atoms with van der Waals surface area (Å²) in [6.45, 7) is -0.0464. The van der Waals surface area contributed by atoms with E-state index < -0.39 is 0 Å². The van der Waals surface area contributed by atoms with Crippen molar-refractivity contribution in [2.75, 3.05) is 6.67 Å². The first-order valence-corrected chi connectivity index (χ1v) is 4.13. The van der Waals surface area contributed by atoms with Crippen LogP contribution in [0.15, 0.2) is 17.4 Å². The summed E-state index contributed by atoms with van der Waals surface area (Å²) in [6.07, 6.45) is 5.33. The molecule has 0 aliphatic carbocycles. The fourth-order valence-corrected chi connectivity index (χ4v) is 1.05. The number of nitrogens with zero attached hydrogens (tertiary/aromatic N) is 2. The molecule has 0 spiro atoms.